The van der Waals surface area contributed by atoms with Gasteiger partial charge < -0.3 is 14.9 Å². The molecule has 0 aliphatic rings. The van der Waals surface area contributed by atoms with Crippen molar-refractivity contribution in [1.29, 1.82) is 0 Å². The van der Waals surface area contributed by atoms with E-state index in [1.165, 1.54) is 0 Å². The first-order valence-corrected chi connectivity index (χ1v) is 5.94. The van der Waals surface area contributed by atoms with Gasteiger partial charge in [0.15, 0.2) is 5.82 Å². The highest BCUT2D eigenvalue weighted by molar-refractivity contribution is 5.33. The van der Waals surface area contributed by atoms with E-state index in [1.54, 1.807) is 12.1 Å². The standard InChI is InChI=1S/C13H17N3O2/c1-9(14-2)7-12-15-13(18-16-12)8-10-5-3-4-6-11(10)17/h3-6,9,14,17H,7-8H2,1-2H3. The first kappa shape index (κ1) is 12.6. The molecule has 2 aromatic rings. The summed E-state index contributed by atoms with van der Waals surface area (Å²) in [6.07, 6.45) is 1.17. The second-order valence-electron chi connectivity index (χ2n) is 4.30. The maximum Gasteiger partial charge on any atom is 0.231 e. The van der Waals surface area contributed by atoms with Crippen molar-refractivity contribution in [2.24, 2.45) is 0 Å². The summed E-state index contributed by atoms with van der Waals surface area (Å²) in [6.45, 7) is 2.05. The first-order valence-electron chi connectivity index (χ1n) is 5.94. The predicted molar refractivity (Wildman–Crippen MR) is 67.4 cm³/mol. The number of phenols is 1. The van der Waals surface area contributed by atoms with Crippen LogP contribution in [0.2, 0.25) is 0 Å². The average Bonchev–Trinajstić information content (AvgIpc) is 2.79. The molecule has 0 fully saturated rings. The third-order valence-corrected chi connectivity index (χ3v) is 2.83. The van der Waals surface area contributed by atoms with Gasteiger partial charge in [-0.1, -0.05) is 23.4 Å². The summed E-state index contributed by atoms with van der Waals surface area (Å²) in [5.41, 5.74) is 0.786. The Kier molecular flexibility index (Phi) is 3.94. The molecule has 1 aromatic heterocycles. The minimum Gasteiger partial charge on any atom is -0.508 e. The summed E-state index contributed by atoms with van der Waals surface area (Å²) in [5, 5.41) is 16.7. The smallest absolute Gasteiger partial charge is 0.231 e. The number of phenolic OH excluding ortho intramolecular Hbond substituents is 1. The molecule has 1 atom stereocenters. The maximum absolute atomic E-state index is 9.66. The molecule has 0 saturated heterocycles. The van der Waals surface area contributed by atoms with Gasteiger partial charge in [0, 0.05) is 18.0 Å². The molecule has 1 heterocycles. The monoisotopic (exact) mass is 247 g/mol. The van der Waals surface area contributed by atoms with Gasteiger partial charge in [-0.2, -0.15) is 4.98 Å². The molecule has 18 heavy (non-hydrogen) atoms. The van der Waals surface area contributed by atoms with Crippen LogP contribution in [-0.2, 0) is 12.8 Å². The van der Waals surface area contributed by atoms with E-state index in [9.17, 15) is 5.11 Å². The first-order chi connectivity index (χ1) is 8.69. The van der Waals surface area contributed by atoms with Gasteiger partial charge in [-0.3, -0.25) is 0 Å². The van der Waals surface area contributed by atoms with Crippen LogP contribution in [0.4, 0.5) is 0 Å². The Morgan fingerprint density at radius 2 is 2.17 bits per heavy atom. The second kappa shape index (κ2) is 5.64. The van der Waals surface area contributed by atoms with Crippen molar-refractivity contribution in [3.8, 4) is 5.75 Å². The number of nitrogens with zero attached hydrogens (tertiary/aromatic N) is 2. The Bertz CT molecular complexity index is 510. The molecule has 0 radical (unpaired) electrons. The number of hydrogen-bond acceptors (Lipinski definition) is 5. The molecular weight excluding hydrogens is 230 g/mol. The number of rotatable bonds is 5. The van der Waals surface area contributed by atoms with Crippen molar-refractivity contribution in [2.45, 2.75) is 25.8 Å². The van der Waals surface area contributed by atoms with E-state index < -0.39 is 0 Å². The number of likely N-dealkylation sites (N-methyl/N-ethyl adjacent to an activating group) is 1. The van der Waals surface area contributed by atoms with Gasteiger partial charge in [0.2, 0.25) is 5.89 Å². The highest BCUT2D eigenvalue weighted by atomic mass is 16.5. The van der Waals surface area contributed by atoms with Crippen molar-refractivity contribution in [2.75, 3.05) is 7.05 Å². The molecule has 0 aliphatic carbocycles. The molecule has 2 rings (SSSR count). The molecule has 1 unspecified atom stereocenters. The summed E-state index contributed by atoms with van der Waals surface area (Å²) in [5.74, 6) is 1.46. The van der Waals surface area contributed by atoms with Crippen molar-refractivity contribution in [3.63, 3.8) is 0 Å². The molecule has 1 aromatic carbocycles. The topological polar surface area (TPSA) is 71.2 Å². The third kappa shape index (κ3) is 3.07. The molecule has 5 nitrogen and oxygen atoms in total. The van der Waals surface area contributed by atoms with Crippen LogP contribution < -0.4 is 5.32 Å². The third-order valence-electron chi connectivity index (χ3n) is 2.83. The van der Waals surface area contributed by atoms with E-state index in [2.05, 4.69) is 22.4 Å². The van der Waals surface area contributed by atoms with Crippen LogP contribution in [0.5, 0.6) is 5.75 Å². The number of nitrogens with one attached hydrogen (secondary N) is 1. The molecule has 0 aliphatic heterocycles. The Morgan fingerprint density at radius 1 is 1.39 bits per heavy atom. The SMILES string of the molecule is CNC(C)Cc1noc(Cc2ccccc2O)n1. The van der Waals surface area contributed by atoms with E-state index in [1.807, 2.05) is 19.2 Å². The van der Waals surface area contributed by atoms with Gasteiger partial charge in [0.1, 0.15) is 5.75 Å². The Labute approximate surface area is 106 Å². The molecule has 2 N–H and O–H groups in total. The van der Waals surface area contributed by atoms with Gasteiger partial charge in [0.25, 0.3) is 0 Å². The normalized spacial score (nSPS) is 12.6. The molecule has 5 heteroatoms. The van der Waals surface area contributed by atoms with E-state index in [-0.39, 0.29) is 5.75 Å². The molecule has 0 amide bonds. The lowest BCUT2D eigenvalue weighted by molar-refractivity contribution is 0.375. The van der Waals surface area contributed by atoms with E-state index in [0.29, 0.717) is 24.2 Å². The quantitative estimate of drug-likeness (QED) is 0.838. The molecule has 0 spiro atoms. The fourth-order valence-corrected chi connectivity index (χ4v) is 1.64. The number of para-hydroxylation sites is 1. The van der Waals surface area contributed by atoms with E-state index in [4.69, 9.17) is 4.52 Å². The van der Waals surface area contributed by atoms with Crippen LogP contribution in [0.15, 0.2) is 28.8 Å². The van der Waals surface area contributed by atoms with Gasteiger partial charge in [0.05, 0.1) is 6.42 Å². The van der Waals surface area contributed by atoms with Crippen LogP contribution in [0.25, 0.3) is 0 Å². The minimum absolute atomic E-state index is 0.251. The van der Waals surface area contributed by atoms with Crippen molar-refractivity contribution < 1.29 is 9.63 Å². The van der Waals surface area contributed by atoms with Gasteiger partial charge >= 0.3 is 0 Å². The van der Waals surface area contributed by atoms with Crippen molar-refractivity contribution in [3.05, 3.63) is 41.5 Å². The van der Waals surface area contributed by atoms with Crippen LogP contribution >= 0.6 is 0 Å². The predicted octanol–water partition coefficient (Wildman–Crippen LogP) is 1.52. The fraction of sp³-hybridized carbons (Fsp3) is 0.385. The van der Waals surface area contributed by atoms with E-state index >= 15 is 0 Å². The molecule has 96 valence electrons. The Morgan fingerprint density at radius 3 is 2.89 bits per heavy atom. The van der Waals surface area contributed by atoms with Crippen LogP contribution in [0.3, 0.4) is 0 Å². The average molecular weight is 247 g/mol. The lowest BCUT2D eigenvalue weighted by Crippen LogP contribution is -2.24. The molecular formula is C13H17N3O2. The van der Waals surface area contributed by atoms with Crippen LogP contribution in [0, 0.1) is 0 Å². The fourth-order valence-electron chi connectivity index (χ4n) is 1.64. The summed E-state index contributed by atoms with van der Waals surface area (Å²) in [4.78, 5) is 4.31. The Hall–Kier alpha value is -1.88. The summed E-state index contributed by atoms with van der Waals surface area (Å²) < 4.78 is 5.17. The summed E-state index contributed by atoms with van der Waals surface area (Å²) in [6, 6.07) is 7.45. The number of hydrogen-bond donors (Lipinski definition) is 2. The van der Waals surface area contributed by atoms with Crippen molar-refractivity contribution in [1.82, 2.24) is 15.5 Å². The summed E-state index contributed by atoms with van der Waals surface area (Å²) in [7, 11) is 1.90. The number of benzene rings is 1. The zero-order valence-electron chi connectivity index (χ0n) is 10.6. The van der Waals surface area contributed by atoms with Gasteiger partial charge in [-0.15, -0.1) is 0 Å². The second-order valence-corrected chi connectivity index (χ2v) is 4.30. The molecule has 0 saturated carbocycles. The van der Waals surface area contributed by atoms with Crippen LogP contribution in [0.1, 0.15) is 24.2 Å². The zero-order valence-corrected chi connectivity index (χ0v) is 10.6. The van der Waals surface area contributed by atoms with Crippen LogP contribution in [-0.4, -0.2) is 28.3 Å². The minimum atomic E-state index is 0.251. The molecule has 0 bridgehead atoms. The number of aromatic nitrogens is 2. The van der Waals surface area contributed by atoms with Gasteiger partial charge in [-0.05, 0) is 20.0 Å². The number of aromatic hydroxyl groups is 1. The van der Waals surface area contributed by atoms with E-state index in [0.717, 1.165) is 12.0 Å². The van der Waals surface area contributed by atoms with Gasteiger partial charge in [-0.25, -0.2) is 0 Å². The largest absolute Gasteiger partial charge is 0.508 e. The maximum atomic E-state index is 9.66. The lowest BCUT2D eigenvalue weighted by Gasteiger charge is -2.04. The van der Waals surface area contributed by atoms with Crippen molar-refractivity contribution >= 4 is 0 Å². The zero-order chi connectivity index (χ0) is 13.0. The Balaban J connectivity index is 2.05. The lowest BCUT2D eigenvalue weighted by atomic mass is 10.1. The summed E-state index contributed by atoms with van der Waals surface area (Å²) >= 11 is 0. The highest BCUT2D eigenvalue weighted by Gasteiger charge is 2.11. The highest BCUT2D eigenvalue weighted by Crippen LogP contribution is 2.18.